The molecule has 0 saturated heterocycles. The molecule has 0 saturated carbocycles. The standard InChI is InChI=1S/C12H24N2O3/c1-11(2)17-10-12(15)9-14(6-4-5-13)7-8-16-3/h11-12,15H,4,6-10H2,1-3H3. The maximum Gasteiger partial charge on any atom is 0.0900 e. The highest BCUT2D eigenvalue weighted by Crippen LogP contribution is 1.98. The number of nitriles is 1. The molecule has 0 aromatic rings. The quantitative estimate of drug-likeness (QED) is 0.610. The third-order valence-corrected chi connectivity index (χ3v) is 2.24. The van der Waals surface area contributed by atoms with E-state index in [0.29, 0.717) is 32.7 Å². The number of nitrogens with zero attached hydrogens (tertiary/aromatic N) is 2. The normalized spacial score (nSPS) is 13.0. The van der Waals surface area contributed by atoms with Gasteiger partial charge in [0.05, 0.1) is 31.5 Å². The molecule has 1 unspecified atom stereocenters. The van der Waals surface area contributed by atoms with Crippen molar-refractivity contribution >= 4 is 0 Å². The number of aliphatic hydroxyl groups excluding tert-OH is 1. The minimum atomic E-state index is -0.520. The molecule has 0 spiro atoms. The van der Waals surface area contributed by atoms with Crippen molar-refractivity contribution in [3.8, 4) is 6.07 Å². The molecule has 0 aromatic carbocycles. The number of ether oxygens (including phenoxy) is 2. The average molecular weight is 244 g/mol. The molecule has 0 bridgehead atoms. The summed E-state index contributed by atoms with van der Waals surface area (Å²) in [7, 11) is 1.64. The lowest BCUT2D eigenvalue weighted by Gasteiger charge is -2.24. The van der Waals surface area contributed by atoms with Crippen molar-refractivity contribution in [2.75, 3.05) is 40.0 Å². The van der Waals surface area contributed by atoms with Crippen LogP contribution < -0.4 is 0 Å². The maximum absolute atomic E-state index is 9.78. The third-order valence-electron chi connectivity index (χ3n) is 2.24. The van der Waals surface area contributed by atoms with Crippen molar-refractivity contribution < 1.29 is 14.6 Å². The van der Waals surface area contributed by atoms with Crippen molar-refractivity contribution in [3.63, 3.8) is 0 Å². The molecular formula is C12H24N2O3. The molecule has 17 heavy (non-hydrogen) atoms. The van der Waals surface area contributed by atoms with E-state index >= 15 is 0 Å². The van der Waals surface area contributed by atoms with Gasteiger partial charge >= 0.3 is 0 Å². The van der Waals surface area contributed by atoms with Crippen LogP contribution in [-0.4, -0.2) is 62.2 Å². The van der Waals surface area contributed by atoms with E-state index in [4.69, 9.17) is 14.7 Å². The Bertz CT molecular complexity index is 216. The first-order chi connectivity index (χ1) is 8.10. The van der Waals surface area contributed by atoms with E-state index in [1.54, 1.807) is 7.11 Å². The van der Waals surface area contributed by atoms with E-state index in [1.807, 2.05) is 18.7 Å². The van der Waals surface area contributed by atoms with Gasteiger partial charge in [-0.1, -0.05) is 0 Å². The molecule has 0 aliphatic rings. The van der Waals surface area contributed by atoms with Crippen LogP contribution in [0.15, 0.2) is 0 Å². The Balaban J connectivity index is 3.90. The van der Waals surface area contributed by atoms with Crippen molar-refractivity contribution in [1.82, 2.24) is 4.90 Å². The van der Waals surface area contributed by atoms with E-state index in [9.17, 15) is 5.11 Å². The summed E-state index contributed by atoms with van der Waals surface area (Å²) in [6, 6.07) is 2.10. The first kappa shape index (κ1) is 16.3. The van der Waals surface area contributed by atoms with Crippen molar-refractivity contribution in [2.24, 2.45) is 0 Å². The van der Waals surface area contributed by atoms with Gasteiger partial charge in [-0.15, -0.1) is 0 Å². The Morgan fingerprint density at radius 1 is 1.35 bits per heavy atom. The van der Waals surface area contributed by atoms with Gasteiger partial charge in [-0.05, 0) is 13.8 Å². The zero-order valence-electron chi connectivity index (χ0n) is 11.1. The molecule has 5 heteroatoms. The van der Waals surface area contributed by atoms with Gasteiger partial charge in [0.25, 0.3) is 0 Å². The summed E-state index contributed by atoms with van der Waals surface area (Å²) >= 11 is 0. The van der Waals surface area contributed by atoms with Crippen LogP contribution in [0.2, 0.25) is 0 Å². The van der Waals surface area contributed by atoms with Gasteiger partial charge in [0, 0.05) is 33.2 Å². The Morgan fingerprint density at radius 2 is 2.06 bits per heavy atom. The number of methoxy groups -OCH3 is 1. The van der Waals surface area contributed by atoms with Gasteiger partial charge in [0.1, 0.15) is 0 Å². The Hall–Kier alpha value is -0.670. The summed E-state index contributed by atoms with van der Waals surface area (Å²) in [5.74, 6) is 0. The van der Waals surface area contributed by atoms with Crippen molar-refractivity contribution in [3.05, 3.63) is 0 Å². The van der Waals surface area contributed by atoms with E-state index in [0.717, 1.165) is 6.54 Å². The lowest BCUT2D eigenvalue weighted by molar-refractivity contribution is -0.0106. The summed E-state index contributed by atoms with van der Waals surface area (Å²) < 4.78 is 10.3. The van der Waals surface area contributed by atoms with Crippen LogP contribution >= 0.6 is 0 Å². The molecule has 0 rings (SSSR count). The molecule has 0 radical (unpaired) electrons. The van der Waals surface area contributed by atoms with E-state index in [2.05, 4.69) is 6.07 Å². The highest BCUT2D eigenvalue weighted by atomic mass is 16.5. The average Bonchev–Trinajstić information content (AvgIpc) is 2.30. The van der Waals surface area contributed by atoms with E-state index in [-0.39, 0.29) is 6.10 Å². The minimum absolute atomic E-state index is 0.121. The summed E-state index contributed by atoms with van der Waals surface area (Å²) in [6.45, 7) is 6.68. The second-order valence-corrected chi connectivity index (χ2v) is 4.24. The monoisotopic (exact) mass is 244 g/mol. The van der Waals surface area contributed by atoms with E-state index in [1.165, 1.54) is 0 Å². The van der Waals surface area contributed by atoms with Crippen LogP contribution in [0.1, 0.15) is 20.3 Å². The number of hydrogen-bond acceptors (Lipinski definition) is 5. The van der Waals surface area contributed by atoms with Crippen LogP contribution in [-0.2, 0) is 9.47 Å². The highest BCUT2D eigenvalue weighted by Gasteiger charge is 2.12. The van der Waals surface area contributed by atoms with Crippen molar-refractivity contribution in [2.45, 2.75) is 32.5 Å². The zero-order valence-corrected chi connectivity index (χ0v) is 11.1. The summed E-state index contributed by atoms with van der Waals surface area (Å²) in [4.78, 5) is 2.01. The van der Waals surface area contributed by atoms with Crippen molar-refractivity contribution in [1.29, 1.82) is 5.26 Å². The molecule has 1 N–H and O–H groups in total. The zero-order chi connectivity index (χ0) is 13.1. The van der Waals surface area contributed by atoms with Gasteiger partial charge in [-0.3, -0.25) is 4.90 Å². The minimum Gasteiger partial charge on any atom is -0.389 e. The third kappa shape index (κ3) is 10.2. The molecule has 100 valence electrons. The fourth-order valence-corrected chi connectivity index (χ4v) is 1.38. The number of aliphatic hydroxyl groups is 1. The van der Waals surface area contributed by atoms with Crippen LogP contribution in [0.4, 0.5) is 0 Å². The SMILES string of the molecule is COCCN(CCC#N)CC(O)COC(C)C. The molecule has 0 fully saturated rings. The van der Waals surface area contributed by atoms with Gasteiger partial charge in [0.15, 0.2) is 0 Å². The molecule has 1 atom stereocenters. The van der Waals surface area contributed by atoms with Crippen LogP contribution in [0.5, 0.6) is 0 Å². The molecular weight excluding hydrogens is 220 g/mol. The highest BCUT2D eigenvalue weighted by molar-refractivity contribution is 4.74. The fraction of sp³-hybridized carbons (Fsp3) is 0.917. The maximum atomic E-state index is 9.78. The van der Waals surface area contributed by atoms with Gasteiger partial charge < -0.3 is 14.6 Å². The lowest BCUT2D eigenvalue weighted by Crippen LogP contribution is -2.37. The molecule has 0 aliphatic heterocycles. The first-order valence-corrected chi connectivity index (χ1v) is 5.98. The van der Waals surface area contributed by atoms with Gasteiger partial charge in [-0.2, -0.15) is 5.26 Å². The van der Waals surface area contributed by atoms with Gasteiger partial charge in [0.2, 0.25) is 0 Å². The predicted molar refractivity (Wildman–Crippen MR) is 65.6 cm³/mol. The van der Waals surface area contributed by atoms with Crippen LogP contribution in [0.3, 0.4) is 0 Å². The molecule has 0 aliphatic carbocycles. The fourth-order valence-electron chi connectivity index (χ4n) is 1.38. The van der Waals surface area contributed by atoms with Crippen LogP contribution in [0, 0.1) is 11.3 Å². The molecule has 0 aromatic heterocycles. The number of hydrogen-bond donors (Lipinski definition) is 1. The summed E-state index contributed by atoms with van der Waals surface area (Å²) in [5.41, 5.74) is 0. The summed E-state index contributed by atoms with van der Waals surface area (Å²) in [5, 5.41) is 18.3. The molecule has 5 nitrogen and oxygen atoms in total. The predicted octanol–water partition coefficient (Wildman–Crippen LogP) is 0.634. The second-order valence-electron chi connectivity index (χ2n) is 4.24. The lowest BCUT2D eigenvalue weighted by atomic mass is 10.3. The smallest absolute Gasteiger partial charge is 0.0900 e. The van der Waals surface area contributed by atoms with Gasteiger partial charge in [-0.25, -0.2) is 0 Å². The van der Waals surface area contributed by atoms with E-state index < -0.39 is 6.10 Å². The molecule has 0 amide bonds. The largest absolute Gasteiger partial charge is 0.389 e. The number of rotatable bonds is 10. The molecule has 0 heterocycles. The Morgan fingerprint density at radius 3 is 2.59 bits per heavy atom. The van der Waals surface area contributed by atoms with Crippen LogP contribution in [0.25, 0.3) is 0 Å². The Labute approximate surface area is 104 Å². The second kappa shape index (κ2) is 10.5. The topological polar surface area (TPSA) is 65.7 Å². The first-order valence-electron chi connectivity index (χ1n) is 5.98. The summed E-state index contributed by atoms with van der Waals surface area (Å²) in [6.07, 6.45) is 0.0608. The Kier molecular flexibility index (Phi) is 10.1.